The van der Waals surface area contributed by atoms with Gasteiger partial charge in [0.15, 0.2) is 0 Å². The van der Waals surface area contributed by atoms with Crippen molar-refractivity contribution in [1.29, 1.82) is 0 Å². The maximum Gasteiger partial charge on any atom is 0.0635 e. The van der Waals surface area contributed by atoms with E-state index in [0.717, 1.165) is 25.7 Å². The van der Waals surface area contributed by atoms with Crippen LogP contribution in [0.25, 0.3) is 0 Å². The zero-order chi connectivity index (χ0) is 11.7. The molecular weight excluding hydrogens is 200 g/mol. The molecule has 0 bridgehead atoms. The molecule has 3 atom stereocenters. The minimum atomic E-state index is 0.607. The Balaban J connectivity index is 2.12. The van der Waals surface area contributed by atoms with E-state index < -0.39 is 0 Å². The summed E-state index contributed by atoms with van der Waals surface area (Å²) in [6, 6.07) is 1.95. The van der Waals surface area contributed by atoms with Gasteiger partial charge in [0.05, 0.1) is 13.2 Å². The fourth-order valence-electron chi connectivity index (χ4n) is 2.98. The van der Waals surface area contributed by atoms with Gasteiger partial charge in [0.25, 0.3) is 0 Å². The molecule has 16 heavy (non-hydrogen) atoms. The van der Waals surface area contributed by atoms with Crippen LogP contribution in [0, 0.1) is 5.92 Å². The predicted molar refractivity (Wildman–Crippen MR) is 66.6 cm³/mol. The molecule has 0 N–H and O–H groups in total. The maximum atomic E-state index is 5.64. The number of fused-ring (bicyclic) bond motifs is 1. The molecule has 0 unspecified atom stereocenters. The van der Waals surface area contributed by atoms with Crippen molar-refractivity contribution < 1.29 is 4.74 Å². The van der Waals surface area contributed by atoms with Crippen molar-refractivity contribution in [2.24, 2.45) is 5.92 Å². The van der Waals surface area contributed by atoms with Gasteiger partial charge in [-0.15, -0.1) is 0 Å². The Morgan fingerprint density at radius 2 is 1.94 bits per heavy atom. The summed E-state index contributed by atoms with van der Waals surface area (Å²) in [4.78, 5) is 5.27. The molecule has 0 radical (unpaired) electrons. The first-order valence-corrected chi connectivity index (χ1v) is 6.67. The highest BCUT2D eigenvalue weighted by molar-refractivity contribution is 4.90. The zero-order valence-corrected chi connectivity index (χ0v) is 11.1. The molecule has 0 aromatic carbocycles. The van der Waals surface area contributed by atoms with Crippen LogP contribution in [-0.2, 0) is 4.74 Å². The highest BCUT2D eigenvalue weighted by Gasteiger charge is 2.35. The van der Waals surface area contributed by atoms with Gasteiger partial charge >= 0.3 is 0 Å². The molecule has 2 saturated heterocycles. The summed E-state index contributed by atoms with van der Waals surface area (Å²) in [5.74, 6) is 0.755. The van der Waals surface area contributed by atoms with Crippen LogP contribution >= 0.6 is 0 Å². The van der Waals surface area contributed by atoms with Gasteiger partial charge in [-0.1, -0.05) is 6.92 Å². The summed E-state index contributed by atoms with van der Waals surface area (Å²) in [6.45, 7) is 14.7. The average molecular weight is 226 g/mol. The molecular formula is C13H26N2O. The molecule has 94 valence electrons. The molecule has 0 aromatic rings. The first-order chi connectivity index (χ1) is 7.59. The molecule has 3 heteroatoms. The summed E-state index contributed by atoms with van der Waals surface area (Å²) < 4.78 is 5.64. The Bertz CT molecular complexity index is 232. The largest absolute Gasteiger partial charge is 0.378 e. The quantitative estimate of drug-likeness (QED) is 0.673. The van der Waals surface area contributed by atoms with Crippen molar-refractivity contribution in [3.63, 3.8) is 0 Å². The lowest BCUT2D eigenvalue weighted by molar-refractivity contribution is -0.0304. The number of nitrogens with zero attached hydrogens (tertiary/aromatic N) is 2. The highest BCUT2D eigenvalue weighted by atomic mass is 16.5. The molecule has 2 heterocycles. The molecule has 2 aliphatic heterocycles. The molecule has 0 amide bonds. The van der Waals surface area contributed by atoms with E-state index in [4.69, 9.17) is 4.74 Å². The summed E-state index contributed by atoms with van der Waals surface area (Å²) >= 11 is 0. The Labute approximate surface area is 99.7 Å². The first kappa shape index (κ1) is 12.3. The SMILES string of the molecule is CC(C)N1C[C@H]2COCCN2[C@H](C)[C@H](C)C1. The number of hydrogen-bond acceptors (Lipinski definition) is 3. The lowest BCUT2D eigenvalue weighted by atomic mass is 10.0. The third kappa shape index (κ3) is 2.41. The van der Waals surface area contributed by atoms with Crippen LogP contribution in [0.4, 0.5) is 0 Å². The minimum Gasteiger partial charge on any atom is -0.378 e. The first-order valence-electron chi connectivity index (χ1n) is 6.67. The topological polar surface area (TPSA) is 15.7 Å². The van der Waals surface area contributed by atoms with Crippen molar-refractivity contribution in [1.82, 2.24) is 9.80 Å². The van der Waals surface area contributed by atoms with Crippen LogP contribution < -0.4 is 0 Å². The smallest absolute Gasteiger partial charge is 0.0635 e. The van der Waals surface area contributed by atoms with Gasteiger partial charge in [-0.3, -0.25) is 9.80 Å². The monoisotopic (exact) mass is 226 g/mol. The van der Waals surface area contributed by atoms with Crippen LogP contribution in [0.15, 0.2) is 0 Å². The average Bonchev–Trinajstić information content (AvgIpc) is 2.38. The van der Waals surface area contributed by atoms with Gasteiger partial charge in [0.1, 0.15) is 0 Å². The Morgan fingerprint density at radius 3 is 2.62 bits per heavy atom. The molecule has 0 spiro atoms. The Hall–Kier alpha value is -0.120. The van der Waals surface area contributed by atoms with Crippen molar-refractivity contribution >= 4 is 0 Å². The van der Waals surface area contributed by atoms with E-state index in [2.05, 4.69) is 37.5 Å². The molecule has 2 fully saturated rings. The lowest BCUT2D eigenvalue weighted by Gasteiger charge is -2.39. The fourth-order valence-corrected chi connectivity index (χ4v) is 2.98. The van der Waals surface area contributed by atoms with Crippen LogP contribution in [0.1, 0.15) is 27.7 Å². The Kier molecular flexibility index (Phi) is 3.88. The number of rotatable bonds is 1. The third-order valence-corrected chi connectivity index (χ3v) is 4.32. The molecule has 2 aliphatic rings. The van der Waals surface area contributed by atoms with Crippen LogP contribution in [0.3, 0.4) is 0 Å². The van der Waals surface area contributed by atoms with E-state index in [1.165, 1.54) is 13.1 Å². The molecule has 0 aliphatic carbocycles. The van der Waals surface area contributed by atoms with Gasteiger partial charge in [-0.2, -0.15) is 0 Å². The van der Waals surface area contributed by atoms with E-state index >= 15 is 0 Å². The number of ether oxygens (including phenoxy) is 1. The lowest BCUT2D eigenvalue weighted by Crippen LogP contribution is -2.52. The van der Waals surface area contributed by atoms with Crippen molar-refractivity contribution in [3.8, 4) is 0 Å². The van der Waals surface area contributed by atoms with E-state index in [-0.39, 0.29) is 0 Å². The summed E-state index contributed by atoms with van der Waals surface area (Å²) in [5.41, 5.74) is 0. The van der Waals surface area contributed by atoms with Gasteiger partial charge in [-0.25, -0.2) is 0 Å². The normalized spacial score (nSPS) is 38.4. The van der Waals surface area contributed by atoms with E-state index in [9.17, 15) is 0 Å². The van der Waals surface area contributed by atoms with E-state index in [1.807, 2.05) is 0 Å². The zero-order valence-electron chi connectivity index (χ0n) is 11.1. The molecule has 0 saturated carbocycles. The van der Waals surface area contributed by atoms with Crippen LogP contribution in [0.2, 0.25) is 0 Å². The molecule has 3 nitrogen and oxygen atoms in total. The van der Waals surface area contributed by atoms with E-state index in [1.54, 1.807) is 0 Å². The van der Waals surface area contributed by atoms with Gasteiger partial charge in [0, 0.05) is 37.8 Å². The van der Waals surface area contributed by atoms with Crippen LogP contribution in [0.5, 0.6) is 0 Å². The van der Waals surface area contributed by atoms with Gasteiger partial charge in [0.2, 0.25) is 0 Å². The highest BCUT2D eigenvalue weighted by Crippen LogP contribution is 2.24. The minimum absolute atomic E-state index is 0.607. The molecule has 2 rings (SSSR count). The fraction of sp³-hybridized carbons (Fsp3) is 1.00. The van der Waals surface area contributed by atoms with Gasteiger partial charge < -0.3 is 4.74 Å². The van der Waals surface area contributed by atoms with Crippen LogP contribution in [-0.4, -0.2) is 60.8 Å². The molecule has 0 aromatic heterocycles. The van der Waals surface area contributed by atoms with E-state index in [0.29, 0.717) is 18.1 Å². The Morgan fingerprint density at radius 1 is 1.19 bits per heavy atom. The maximum absolute atomic E-state index is 5.64. The second-order valence-electron chi connectivity index (χ2n) is 5.73. The van der Waals surface area contributed by atoms with Gasteiger partial charge in [-0.05, 0) is 26.7 Å². The third-order valence-electron chi connectivity index (χ3n) is 4.32. The standard InChI is InChI=1S/C13H26N2O/c1-10(2)14-7-11(3)12(4)15-5-6-16-9-13(15)8-14/h10-13H,5-9H2,1-4H3/t11-,12-,13+/m1/s1. The number of hydrogen-bond donors (Lipinski definition) is 0. The van der Waals surface area contributed by atoms with Crippen molar-refractivity contribution in [2.75, 3.05) is 32.8 Å². The summed E-state index contributed by atoms with van der Waals surface area (Å²) in [7, 11) is 0. The number of morpholine rings is 1. The second-order valence-corrected chi connectivity index (χ2v) is 5.73. The van der Waals surface area contributed by atoms with Crippen molar-refractivity contribution in [2.45, 2.75) is 45.8 Å². The summed E-state index contributed by atoms with van der Waals surface area (Å²) in [6.07, 6.45) is 0. The predicted octanol–water partition coefficient (Wildman–Crippen LogP) is 1.44. The van der Waals surface area contributed by atoms with Crippen molar-refractivity contribution in [3.05, 3.63) is 0 Å². The second kappa shape index (κ2) is 5.03. The summed E-state index contributed by atoms with van der Waals surface area (Å²) in [5, 5.41) is 0.